The van der Waals surface area contributed by atoms with Gasteiger partial charge >= 0.3 is 6.03 Å². The highest BCUT2D eigenvalue weighted by Crippen LogP contribution is 2.29. The molecule has 1 saturated heterocycles. The molecule has 1 atom stereocenters. The maximum atomic E-state index is 12.4. The third-order valence-corrected chi connectivity index (χ3v) is 3.87. The molecular formula is C14H24N4O3. The van der Waals surface area contributed by atoms with Crippen LogP contribution in [0.2, 0.25) is 0 Å². The Morgan fingerprint density at radius 1 is 1.52 bits per heavy atom. The van der Waals surface area contributed by atoms with Gasteiger partial charge in [0.25, 0.3) is 0 Å². The van der Waals surface area contributed by atoms with Crippen LogP contribution in [0.1, 0.15) is 23.0 Å². The maximum absolute atomic E-state index is 12.4. The standard InChI is InChI=1S/C14H24N4O3/c1-10-13(11(2)17(3)16-10)12-9-21-8-6-18(12)14(19)15-5-7-20-4/h12H,5-9H2,1-4H3,(H,15,19)/t12-/m1/s1. The third kappa shape index (κ3) is 3.36. The second-order valence-electron chi connectivity index (χ2n) is 5.22. The van der Waals surface area contributed by atoms with Crippen molar-refractivity contribution in [1.29, 1.82) is 0 Å². The fourth-order valence-electron chi connectivity index (χ4n) is 2.72. The van der Waals surface area contributed by atoms with Gasteiger partial charge in [0.1, 0.15) is 0 Å². The molecule has 1 aliphatic rings. The summed E-state index contributed by atoms with van der Waals surface area (Å²) in [5.74, 6) is 0. The van der Waals surface area contributed by atoms with E-state index in [0.717, 1.165) is 17.0 Å². The second kappa shape index (κ2) is 6.91. The summed E-state index contributed by atoms with van der Waals surface area (Å²) >= 11 is 0. The fraction of sp³-hybridized carbons (Fsp3) is 0.714. The van der Waals surface area contributed by atoms with E-state index in [4.69, 9.17) is 9.47 Å². The van der Waals surface area contributed by atoms with Gasteiger partial charge in [-0.25, -0.2) is 4.79 Å². The van der Waals surface area contributed by atoms with E-state index in [1.54, 1.807) is 7.11 Å². The Labute approximate surface area is 125 Å². The molecule has 7 heteroatoms. The minimum Gasteiger partial charge on any atom is -0.383 e. The van der Waals surface area contributed by atoms with Crippen LogP contribution in [0.4, 0.5) is 4.79 Å². The number of carbonyl (C=O) groups is 1. The Morgan fingerprint density at radius 2 is 2.29 bits per heavy atom. The summed E-state index contributed by atoms with van der Waals surface area (Å²) in [6.45, 7) is 6.65. The zero-order chi connectivity index (χ0) is 15.4. The van der Waals surface area contributed by atoms with Crippen LogP contribution in [0, 0.1) is 13.8 Å². The van der Waals surface area contributed by atoms with Gasteiger partial charge in [-0.3, -0.25) is 4.68 Å². The van der Waals surface area contributed by atoms with Crippen LogP contribution in [0.15, 0.2) is 0 Å². The molecule has 0 aliphatic carbocycles. The lowest BCUT2D eigenvalue weighted by Gasteiger charge is -2.36. The van der Waals surface area contributed by atoms with Gasteiger partial charge in [0.15, 0.2) is 0 Å². The molecule has 21 heavy (non-hydrogen) atoms. The number of ether oxygens (including phenoxy) is 2. The van der Waals surface area contributed by atoms with E-state index in [-0.39, 0.29) is 12.1 Å². The van der Waals surface area contributed by atoms with Gasteiger partial charge in [-0.1, -0.05) is 0 Å². The molecule has 1 aromatic rings. The largest absolute Gasteiger partial charge is 0.383 e. The molecule has 1 fully saturated rings. The molecule has 0 unspecified atom stereocenters. The number of hydrogen-bond acceptors (Lipinski definition) is 4. The highest BCUT2D eigenvalue weighted by molar-refractivity contribution is 5.75. The van der Waals surface area contributed by atoms with E-state index in [0.29, 0.717) is 32.9 Å². The van der Waals surface area contributed by atoms with E-state index in [9.17, 15) is 4.79 Å². The normalized spacial score (nSPS) is 18.9. The molecule has 7 nitrogen and oxygen atoms in total. The number of carbonyl (C=O) groups excluding carboxylic acids is 1. The van der Waals surface area contributed by atoms with Crippen molar-refractivity contribution in [3.05, 3.63) is 17.0 Å². The summed E-state index contributed by atoms with van der Waals surface area (Å²) in [4.78, 5) is 14.2. The smallest absolute Gasteiger partial charge is 0.318 e. The Morgan fingerprint density at radius 3 is 2.90 bits per heavy atom. The quantitative estimate of drug-likeness (QED) is 0.833. The van der Waals surface area contributed by atoms with Crippen LogP contribution < -0.4 is 5.32 Å². The number of methoxy groups -OCH3 is 1. The Balaban J connectivity index is 2.17. The molecule has 0 radical (unpaired) electrons. The van der Waals surface area contributed by atoms with Crippen LogP contribution in [0.5, 0.6) is 0 Å². The molecule has 118 valence electrons. The molecule has 1 N–H and O–H groups in total. The first-order valence-corrected chi connectivity index (χ1v) is 7.17. The number of morpholine rings is 1. The first-order valence-electron chi connectivity index (χ1n) is 7.17. The number of nitrogens with zero attached hydrogens (tertiary/aromatic N) is 3. The van der Waals surface area contributed by atoms with E-state index in [2.05, 4.69) is 10.4 Å². The number of aryl methyl sites for hydroxylation is 2. The topological polar surface area (TPSA) is 68.6 Å². The van der Waals surface area contributed by atoms with Crippen LogP contribution in [-0.4, -0.2) is 60.7 Å². The molecule has 0 aromatic carbocycles. The predicted molar refractivity (Wildman–Crippen MR) is 78.2 cm³/mol. The van der Waals surface area contributed by atoms with Crippen molar-refractivity contribution in [1.82, 2.24) is 20.0 Å². The van der Waals surface area contributed by atoms with E-state index in [1.165, 1.54) is 0 Å². The molecule has 2 heterocycles. The molecule has 1 aliphatic heterocycles. The first-order chi connectivity index (χ1) is 10.1. The average molecular weight is 296 g/mol. The molecule has 1 aromatic heterocycles. The highest BCUT2D eigenvalue weighted by Gasteiger charge is 2.32. The van der Waals surface area contributed by atoms with Gasteiger partial charge in [0, 0.05) is 38.5 Å². The Hall–Kier alpha value is -1.60. The van der Waals surface area contributed by atoms with Crippen LogP contribution >= 0.6 is 0 Å². The predicted octanol–water partition coefficient (Wildman–Crippen LogP) is 0.766. The molecular weight excluding hydrogens is 272 g/mol. The van der Waals surface area contributed by atoms with Crippen molar-refractivity contribution >= 4 is 6.03 Å². The lowest BCUT2D eigenvalue weighted by atomic mass is 10.0. The summed E-state index contributed by atoms with van der Waals surface area (Å²) in [6.07, 6.45) is 0. The third-order valence-electron chi connectivity index (χ3n) is 3.87. The SMILES string of the molecule is COCCNC(=O)N1CCOC[C@@H]1c1c(C)nn(C)c1C. The summed E-state index contributed by atoms with van der Waals surface area (Å²) in [7, 11) is 3.53. The summed E-state index contributed by atoms with van der Waals surface area (Å²) in [6, 6.07) is -0.169. The molecule has 0 saturated carbocycles. The molecule has 2 amide bonds. The minimum absolute atomic E-state index is 0.0806. The van der Waals surface area contributed by atoms with Gasteiger partial charge in [-0.15, -0.1) is 0 Å². The van der Waals surface area contributed by atoms with Crippen molar-refractivity contribution in [2.24, 2.45) is 7.05 Å². The maximum Gasteiger partial charge on any atom is 0.318 e. The Bertz CT molecular complexity index is 501. The van der Waals surface area contributed by atoms with Gasteiger partial charge in [0.05, 0.1) is 31.6 Å². The monoisotopic (exact) mass is 296 g/mol. The highest BCUT2D eigenvalue weighted by atomic mass is 16.5. The average Bonchev–Trinajstić information content (AvgIpc) is 2.72. The van der Waals surface area contributed by atoms with Crippen molar-refractivity contribution in [2.75, 3.05) is 40.0 Å². The molecule has 0 bridgehead atoms. The number of amides is 2. The number of aromatic nitrogens is 2. The number of rotatable bonds is 4. The van der Waals surface area contributed by atoms with E-state index in [1.807, 2.05) is 30.5 Å². The van der Waals surface area contributed by atoms with Crippen LogP contribution in [0.25, 0.3) is 0 Å². The second-order valence-corrected chi connectivity index (χ2v) is 5.22. The van der Waals surface area contributed by atoms with Gasteiger partial charge < -0.3 is 19.7 Å². The van der Waals surface area contributed by atoms with Gasteiger partial charge in [0.2, 0.25) is 0 Å². The molecule has 2 rings (SSSR count). The van der Waals surface area contributed by atoms with Gasteiger partial charge in [-0.2, -0.15) is 5.10 Å². The first kappa shape index (κ1) is 15.8. The summed E-state index contributed by atoms with van der Waals surface area (Å²) in [5, 5.41) is 7.32. The van der Waals surface area contributed by atoms with Crippen molar-refractivity contribution in [3.63, 3.8) is 0 Å². The van der Waals surface area contributed by atoms with Crippen molar-refractivity contribution in [2.45, 2.75) is 19.9 Å². The molecule has 0 spiro atoms. The van der Waals surface area contributed by atoms with Crippen LogP contribution in [-0.2, 0) is 16.5 Å². The van der Waals surface area contributed by atoms with E-state index >= 15 is 0 Å². The number of urea groups is 1. The summed E-state index contributed by atoms with van der Waals surface area (Å²) < 4.78 is 12.4. The Kier molecular flexibility index (Phi) is 5.19. The van der Waals surface area contributed by atoms with Crippen molar-refractivity contribution < 1.29 is 14.3 Å². The lowest BCUT2D eigenvalue weighted by molar-refractivity contribution is 0.0109. The van der Waals surface area contributed by atoms with Crippen LogP contribution in [0.3, 0.4) is 0 Å². The zero-order valence-corrected chi connectivity index (χ0v) is 13.2. The van der Waals surface area contributed by atoms with E-state index < -0.39 is 0 Å². The fourth-order valence-corrected chi connectivity index (χ4v) is 2.72. The number of hydrogen-bond donors (Lipinski definition) is 1. The summed E-state index contributed by atoms with van der Waals surface area (Å²) in [5.41, 5.74) is 3.09. The number of nitrogens with one attached hydrogen (secondary N) is 1. The van der Waals surface area contributed by atoms with Gasteiger partial charge in [-0.05, 0) is 13.8 Å². The lowest BCUT2D eigenvalue weighted by Crippen LogP contribution is -2.49. The zero-order valence-electron chi connectivity index (χ0n) is 13.2. The minimum atomic E-state index is -0.0880. The van der Waals surface area contributed by atoms with Crippen molar-refractivity contribution in [3.8, 4) is 0 Å².